The summed E-state index contributed by atoms with van der Waals surface area (Å²) in [6, 6.07) is 3.74. The largest absolute Gasteiger partial charge is 0.349 e. The van der Waals surface area contributed by atoms with Gasteiger partial charge in [0.1, 0.15) is 0 Å². The van der Waals surface area contributed by atoms with Crippen LogP contribution in [0.4, 0.5) is 0 Å². The Bertz CT molecular complexity index is 847. The van der Waals surface area contributed by atoms with Crippen LogP contribution in [0.15, 0.2) is 22.0 Å². The molecule has 2 amide bonds. The average Bonchev–Trinajstić information content (AvgIpc) is 3.36. The number of nitrogens with one attached hydrogen (secondary N) is 1. The molecule has 144 valence electrons. The van der Waals surface area contributed by atoms with Crippen molar-refractivity contribution < 1.29 is 14.1 Å². The lowest BCUT2D eigenvalue weighted by Crippen LogP contribution is -2.40. The Morgan fingerprint density at radius 1 is 1.44 bits per heavy atom. The minimum atomic E-state index is -0.376. The van der Waals surface area contributed by atoms with Crippen LogP contribution in [0.25, 0.3) is 0 Å². The van der Waals surface area contributed by atoms with Crippen molar-refractivity contribution in [1.82, 2.24) is 20.4 Å². The zero-order valence-corrected chi connectivity index (χ0v) is 16.6. The highest BCUT2D eigenvalue weighted by atomic mass is 32.1. The molecule has 0 bridgehead atoms. The summed E-state index contributed by atoms with van der Waals surface area (Å²) in [6.45, 7) is 6.88. The molecular weight excluding hydrogens is 364 g/mol. The minimum absolute atomic E-state index is 0.0353. The van der Waals surface area contributed by atoms with Crippen molar-refractivity contribution in [2.45, 2.75) is 45.1 Å². The van der Waals surface area contributed by atoms with E-state index in [0.29, 0.717) is 36.1 Å². The molecule has 4 rings (SSSR count). The van der Waals surface area contributed by atoms with Crippen LogP contribution >= 0.6 is 11.3 Å². The van der Waals surface area contributed by atoms with Crippen LogP contribution in [0, 0.1) is 18.8 Å². The highest BCUT2D eigenvalue weighted by molar-refractivity contribution is 7.12. The first-order chi connectivity index (χ1) is 12.9. The second kappa shape index (κ2) is 6.74. The second-order valence-electron chi connectivity index (χ2n) is 7.96. The van der Waals surface area contributed by atoms with E-state index < -0.39 is 0 Å². The molecule has 1 aliphatic heterocycles. The second-order valence-corrected chi connectivity index (χ2v) is 8.91. The number of amides is 2. The maximum absolute atomic E-state index is 12.6. The maximum atomic E-state index is 12.6. The summed E-state index contributed by atoms with van der Waals surface area (Å²) in [5.74, 6) is 1.46. The summed E-state index contributed by atoms with van der Waals surface area (Å²) in [4.78, 5) is 32.2. The van der Waals surface area contributed by atoms with Gasteiger partial charge in [-0.2, -0.15) is 4.98 Å². The number of thiophene rings is 1. The summed E-state index contributed by atoms with van der Waals surface area (Å²) in [6.07, 6.45) is 1.51. The first-order valence-electron chi connectivity index (χ1n) is 9.33. The number of carbonyl (C=O) groups excluding carboxylic acids is 2. The van der Waals surface area contributed by atoms with E-state index in [1.807, 2.05) is 36.3 Å². The topological polar surface area (TPSA) is 88.3 Å². The Kier molecular flexibility index (Phi) is 4.53. The Hall–Kier alpha value is -2.22. The monoisotopic (exact) mass is 388 g/mol. The molecule has 3 heterocycles. The summed E-state index contributed by atoms with van der Waals surface area (Å²) in [5, 5.41) is 9.03. The number of carbonyl (C=O) groups is 2. The van der Waals surface area contributed by atoms with Crippen LogP contribution < -0.4 is 5.32 Å². The van der Waals surface area contributed by atoms with Gasteiger partial charge in [0.25, 0.3) is 5.91 Å². The molecule has 3 atom stereocenters. The van der Waals surface area contributed by atoms with Crippen molar-refractivity contribution in [3.8, 4) is 0 Å². The number of fused-ring (bicyclic) bond motifs is 1. The van der Waals surface area contributed by atoms with Gasteiger partial charge in [-0.1, -0.05) is 25.1 Å². The zero-order chi connectivity index (χ0) is 19.2. The van der Waals surface area contributed by atoms with Crippen LogP contribution in [0.2, 0.25) is 0 Å². The average molecular weight is 388 g/mol. The Morgan fingerprint density at radius 2 is 2.26 bits per heavy atom. The number of rotatable bonds is 4. The van der Waals surface area contributed by atoms with Crippen molar-refractivity contribution in [3.63, 3.8) is 0 Å². The number of hydrogen-bond acceptors (Lipinski definition) is 6. The first-order valence-corrected chi connectivity index (χ1v) is 10.2. The van der Waals surface area contributed by atoms with E-state index in [2.05, 4.69) is 15.5 Å². The van der Waals surface area contributed by atoms with Gasteiger partial charge in [0.2, 0.25) is 11.8 Å². The van der Waals surface area contributed by atoms with E-state index in [4.69, 9.17) is 4.52 Å². The minimum Gasteiger partial charge on any atom is -0.349 e. The number of aryl methyl sites for hydroxylation is 1. The Morgan fingerprint density at radius 3 is 2.89 bits per heavy atom. The third-order valence-corrected chi connectivity index (χ3v) is 6.58. The van der Waals surface area contributed by atoms with Crippen LogP contribution in [0.1, 0.15) is 48.1 Å². The normalized spacial score (nSPS) is 27.2. The number of hydrogen-bond donors (Lipinski definition) is 1. The fraction of sp³-hybridized carbons (Fsp3) is 0.579. The fourth-order valence-corrected chi connectivity index (χ4v) is 5.14. The van der Waals surface area contributed by atoms with Crippen molar-refractivity contribution in [2.24, 2.45) is 11.8 Å². The summed E-state index contributed by atoms with van der Waals surface area (Å²) in [5.41, 5.74) is -0.376. The van der Waals surface area contributed by atoms with E-state index in [0.717, 1.165) is 6.42 Å². The molecule has 0 aromatic carbocycles. The van der Waals surface area contributed by atoms with Crippen molar-refractivity contribution >= 4 is 23.2 Å². The predicted molar refractivity (Wildman–Crippen MR) is 100 cm³/mol. The Balaban J connectivity index is 1.57. The highest BCUT2D eigenvalue weighted by Gasteiger charge is 2.58. The van der Waals surface area contributed by atoms with Crippen LogP contribution in [-0.4, -0.2) is 46.0 Å². The molecule has 8 heteroatoms. The Labute approximate surface area is 162 Å². The molecule has 2 aromatic heterocycles. The SMILES string of the molecule is Cc1noc([C@]23C[C@H](NC(=O)c4cccs4)CC2CN(C(=O)C(C)C)C3)n1. The van der Waals surface area contributed by atoms with Gasteiger partial charge in [-0.05, 0) is 37.1 Å². The highest BCUT2D eigenvalue weighted by Crippen LogP contribution is 2.50. The molecular formula is C19H24N4O3S. The molecule has 1 N–H and O–H groups in total. The molecule has 2 aromatic rings. The van der Waals surface area contributed by atoms with Crippen molar-refractivity contribution in [1.29, 1.82) is 0 Å². The predicted octanol–water partition coefficient (Wildman–Crippen LogP) is 2.38. The summed E-state index contributed by atoms with van der Waals surface area (Å²) in [7, 11) is 0. The lowest BCUT2D eigenvalue weighted by Gasteiger charge is -2.26. The first kappa shape index (κ1) is 18.2. The lowest BCUT2D eigenvalue weighted by molar-refractivity contribution is -0.133. The van der Waals surface area contributed by atoms with Crippen LogP contribution in [0.3, 0.4) is 0 Å². The molecule has 1 unspecified atom stereocenters. The van der Waals surface area contributed by atoms with Crippen molar-refractivity contribution in [3.05, 3.63) is 34.1 Å². The standard InChI is InChI=1S/C19H24N4O3S/c1-11(2)17(25)23-9-13-7-14(21-16(24)15-5-4-6-27-15)8-19(13,10-23)18-20-12(3)22-26-18/h4-6,11,13-14H,7-10H2,1-3H3,(H,21,24)/t13?,14-,19+/m1/s1. The molecule has 7 nitrogen and oxygen atoms in total. The van der Waals surface area contributed by atoms with Gasteiger partial charge in [0.15, 0.2) is 5.82 Å². The quantitative estimate of drug-likeness (QED) is 0.869. The molecule has 0 radical (unpaired) electrons. The molecule has 27 heavy (non-hydrogen) atoms. The lowest BCUT2D eigenvalue weighted by atomic mass is 9.80. The number of aromatic nitrogens is 2. The van der Waals surface area contributed by atoms with Gasteiger partial charge in [-0.15, -0.1) is 11.3 Å². The van der Waals surface area contributed by atoms with E-state index in [-0.39, 0.29) is 35.1 Å². The van der Waals surface area contributed by atoms with Gasteiger partial charge in [-0.3, -0.25) is 9.59 Å². The molecule has 1 saturated carbocycles. The molecule has 0 spiro atoms. The summed E-state index contributed by atoms with van der Waals surface area (Å²) >= 11 is 1.44. The summed E-state index contributed by atoms with van der Waals surface area (Å²) < 4.78 is 5.56. The van der Waals surface area contributed by atoms with Crippen molar-refractivity contribution in [2.75, 3.05) is 13.1 Å². The third kappa shape index (κ3) is 3.16. The molecule has 2 fully saturated rings. The van der Waals surface area contributed by atoms with Gasteiger partial charge >= 0.3 is 0 Å². The zero-order valence-electron chi connectivity index (χ0n) is 15.8. The van der Waals surface area contributed by atoms with Gasteiger partial charge in [0, 0.05) is 25.0 Å². The van der Waals surface area contributed by atoms with Gasteiger partial charge in [-0.25, -0.2) is 0 Å². The van der Waals surface area contributed by atoms with E-state index in [1.54, 1.807) is 6.92 Å². The fourth-order valence-electron chi connectivity index (χ4n) is 4.51. The molecule has 1 saturated heterocycles. The van der Waals surface area contributed by atoms with Gasteiger partial charge < -0.3 is 14.7 Å². The molecule has 2 aliphatic rings. The smallest absolute Gasteiger partial charge is 0.261 e. The van der Waals surface area contributed by atoms with E-state index in [9.17, 15) is 9.59 Å². The van der Waals surface area contributed by atoms with E-state index in [1.165, 1.54) is 11.3 Å². The number of likely N-dealkylation sites (tertiary alicyclic amines) is 1. The molecule has 1 aliphatic carbocycles. The third-order valence-electron chi connectivity index (χ3n) is 5.71. The van der Waals surface area contributed by atoms with Gasteiger partial charge in [0.05, 0.1) is 10.3 Å². The van der Waals surface area contributed by atoms with E-state index >= 15 is 0 Å². The van der Waals surface area contributed by atoms with Crippen LogP contribution in [0.5, 0.6) is 0 Å². The number of nitrogens with zero attached hydrogens (tertiary/aromatic N) is 3. The maximum Gasteiger partial charge on any atom is 0.261 e. The van der Waals surface area contributed by atoms with Crippen LogP contribution in [-0.2, 0) is 10.2 Å².